The minimum Gasteiger partial charge on any atom is -0.351 e. The summed E-state index contributed by atoms with van der Waals surface area (Å²) in [6.45, 7) is 9.01. The smallest absolute Gasteiger partial charge is 0.224 e. The highest BCUT2D eigenvalue weighted by Gasteiger charge is 2.35. The highest BCUT2D eigenvalue weighted by atomic mass is 16.2. The second-order valence-corrected chi connectivity index (χ2v) is 6.60. The predicted octanol–water partition coefficient (Wildman–Crippen LogP) is 2.06. The summed E-state index contributed by atoms with van der Waals surface area (Å²) in [5, 5.41) is 3.15. The molecule has 3 nitrogen and oxygen atoms in total. The van der Waals surface area contributed by atoms with Gasteiger partial charge in [-0.2, -0.15) is 0 Å². The Morgan fingerprint density at radius 2 is 2.00 bits per heavy atom. The Morgan fingerprint density at radius 1 is 1.44 bits per heavy atom. The molecule has 0 aromatic rings. The van der Waals surface area contributed by atoms with Crippen LogP contribution in [0, 0.1) is 11.3 Å². The van der Waals surface area contributed by atoms with Gasteiger partial charge in [-0.1, -0.05) is 20.8 Å². The lowest BCUT2D eigenvalue weighted by molar-refractivity contribution is -0.128. The largest absolute Gasteiger partial charge is 0.351 e. The minimum atomic E-state index is -0.0441. The van der Waals surface area contributed by atoms with E-state index in [9.17, 15) is 4.79 Å². The third-order valence-electron chi connectivity index (χ3n) is 3.40. The monoisotopic (exact) mass is 226 g/mol. The van der Waals surface area contributed by atoms with Gasteiger partial charge in [0, 0.05) is 12.1 Å². The van der Waals surface area contributed by atoms with Crippen molar-refractivity contribution in [3.63, 3.8) is 0 Å². The molecule has 1 fully saturated rings. The highest BCUT2D eigenvalue weighted by Crippen LogP contribution is 2.32. The van der Waals surface area contributed by atoms with Crippen molar-refractivity contribution in [3.05, 3.63) is 0 Å². The summed E-state index contributed by atoms with van der Waals surface area (Å²) in [4.78, 5) is 12.1. The average Bonchev–Trinajstić information content (AvgIpc) is 2.10. The Bertz CT molecular complexity index is 251. The lowest BCUT2D eigenvalue weighted by Gasteiger charge is -2.40. The number of rotatable bonds is 4. The van der Waals surface area contributed by atoms with Gasteiger partial charge in [0.25, 0.3) is 0 Å². The van der Waals surface area contributed by atoms with Crippen molar-refractivity contribution in [2.75, 3.05) is 6.54 Å². The first-order valence-electron chi connectivity index (χ1n) is 6.28. The molecule has 0 radical (unpaired) electrons. The Morgan fingerprint density at radius 3 is 2.31 bits per heavy atom. The molecule has 1 rings (SSSR count). The van der Waals surface area contributed by atoms with Gasteiger partial charge in [0.05, 0.1) is 5.92 Å². The predicted molar refractivity (Wildman–Crippen MR) is 67.0 cm³/mol. The molecule has 1 aliphatic rings. The zero-order valence-electron chi connectivity index (χ0n) is 11.1. The lowest BCUT2D eigenvalue weighted by atomic mass is 9.77. The second-order valence-electron chi connectivity index (χ2n) is 6.60. The van der Waals surface area contributed by atoms with E-state index in [-0.39, 0.29) is 22.8 Å². The van der Waals surface area contributed by atoms with E-state index in [1.165, 1.54) is 6.42 Å². The third kappa shape index (κ3) is 3.78. The molecule has 16 heavy (non-hydrogen) atoms. The van der Waals surface area contributed by atoms with Gasteiger partial charge in [0.2, 0.25) is 5.91 Å². The molecule has 0 spiro atoms. The van der Waals surface area contributed by atoms with Gasteiger partial charge >= 0.3 is 0 Å². The number of amides is 1. The lowest BCUT2D eigenvalue weighted by Crippen LogP contribution is -2.53. The summed E-state index contributed by atoms with van der Waals surface area (Å²) in [6, 6.07) is 0. The Hall–Kier alpha value is -0.570. The van der Waals surface area contributed by atoms with Crippen molar-refractivity contribution in [3.8, 4) is 0 Å². The molecule has 0 aliphatic heterocycles. The van der Waals surface area contributed by atoms with Crippen LogP contribution in [-0.4, -0.2) is 18.0 Å². The van der Waals surface area contributed by atoms with Crippen molar-refractivity contribution in [2.45, 2.75) is 58.9 Å². The van der Waals surface area contributed by atoms with Crippen LogP contribution in [0.15, 0.2) is 0 Å². The zero-order chi connectivity index (χ0) is 12.4. The maximum Gasteiger partial charge on any atom is 0.224 e. The van der Waals surface area contributed by atoms with Crippen LogP contribution in [0.4, 0.5) is 0 Å². The van der Waals surface area contributed by atoms with Gasteiger partial charge in [-0.05, 0) is 38.0 Å². The first-order valence-corrected chi connectivity index (χ1v) is 6.28. The first-order chi connectivity index (χ1) is 7.26. The molecule has 1 aliphatic carbocycles. The zero-order valence-corrected chi connectivity index (χ0v) is 11.1. The molecule has 1 unspecified atom stereocenters. The SMILES string of the molecule is CC(C)(C)CC(CN)C(=O)NC1(C)CCC1. The normalized spacial score (nSPS) is 21.1. The number of nitrogens with two attached hydrogens (primary N) is 1. The van der Waals surface area contributed by atoms with Crippen molar-refractivity contribution in [1.29, 1.82) is 0 Å². The van der Waals surface area contributed by atoms with E-state index in [0.29, 0.717) is 6.54 Å². The average molecular weight is 226 g/mol. The molecule has 1 saturated carbocycles. The highest BCUT2D eigenvalue weighted by molar-refractivity contribution is 5.79. The summed E-state index contributed by atoms with van der Waals surface area (Å²) in [5.41, 5.74) is 5.90. The standard InChI is InChI=1S/C13H26N2O/c1-12(2,3)8-10(9-14)11(16)15-13(4)6-5-7-13/h10H,5-9,14H2,1-4H3,(H,15,16). The molecule has 0 aromatic carbocycles. The van der Waals surface area contributed by atoms with E-state index in [1.54, 1.807) is 0 Å². The number of hydrogen-bond acceptors (Lipinski definition) is 2. The van der Waals surface area contributed by atoms with Crippen LogP contribution in [0.5, 0.6) is 0 Å². The fraction of sp³-hybridized carbons (Fsp3) is 0.923. The molecule has 0 bridgehead atoms. The topological polar surface area (TPSA) is 55.1 Å². The van der Waals surface area contributed by atoms with Crippen LogP contribution in [0.2, 0.25) is 0 Å². The van der Waals surface area contributed by atoms with Crippen LogP contribution in [0.25, 0.3) is 0 Å². The fourth-order valence-corrected chi connectivity index (χ4v) is 2.25. The summed E-state index contributed by atoms with van der Waals surface area (Å²) in [6.07, 6.45) is 4.28. The molecule has 0 heterocycles. The van der Waals surface area contributed by atoms with E-state index in [0.717, 1.165) is 19.3 Å². The maximum absolute atomic E-state index is 12.1. The minimum absolute atomic E-state index is 0.0440. The van der Waals surface area contributed by atoms with Gasteiger partial charge in [0.1, 0.15) is 0 Å². The quantitative estimate of drug-likeness (QED) is 0.771. The van der Waals surface area contributed by atoms with Gasteiger partial charge in [-0.3, -0.25) is 4.79 Å². The Balaban J connectivity index is 2.49. The molecular weight excluding hydrogens is 200 g/mol. The van der Waals surface area contributed by atoms with E-state index >= 15 is 0 Å². The number of nitrogens with one attached hydrogen (secondary N) is 1. The van der Waals surface area contributed by atoms with Crippen molar-refractivity contribution in [1.82, 2.24) is 5.32 Å². The van der Waals surface area contributed by atoms with Crippen molar-refractivity contribution < 1.29 is 4.79 Å². The van der Waals surface area contributed by atoms with Crippen molar-refractivity contribution >= 4 is 5.91 Å². The number of carbonyl (C=O) groups excluding carboxylic acids is 1. The summed E-state index contributed by atoms with van der Waals surface area (Å²) in [7, 11) is 0. The summed E-state index contributed by atoms with van der Waals surface area (Å²) in [5.74, 6) is 0.0945. The van der Waals surface area contributed by atoms with Crippen LogP contribution >= 0.6 is 0 Å². The maximum atomic E-state index is 12.1. The first kappa shape index (κ1) is 13.5. The van der Waals surface area contributed by atoms with Gasteiger partial charge in [-0.15, -0.1) is 0 Å². The van der Waals surface area contributed by atoms with E-state index < -0.39 is 0 Å². The van der Waals surface area contributed by atoms with Crippen LogP contribution in [0.3, 0.4) is 0 Å². The molecule has 1 atom stereocenters. The molecule has 0 aromatic heterocycles. The van der Waals surface area contributed by atoms with Gasteiger partial charge < -0.3 is 11.1 Å². The second kappa shape index (κ2) is 4.74. The van der Waals surface area contributed by atoms with Crippen molar-refractivity contribution in [2.24, 2.45) is 17.1 Å². The molecule has 0 saturated heterocycles. The van der Waals surface area contributed by atoms with Gasteiger partial charge in [-0.25, -0.2) is 0 Å². The summed E-state index contributed by atoms with van der Waals surface area (Å²) < 4.78 is 0. The third-order valence-corrected chi connectivity index (χ3v) is 3.40. The summed E-state index contributed by atoms with van der Waals surface area (Å²) >= 11 is 0. The van der Waals surface area contributed by atoms with E-state index in [2.05, 4.69) is 33.0 Å². The fourth-order valence-electron chi connectivity index (χ4n) is 2.25. The van der Waals surface area contributed by atoms with Crippen LogP contribution < -0.4 is 11.1 Å². The number of carbonyl (C=O) groups is 1. The Labute approximate surface area is 99.2 Å². The molecule has 1 amide bonds. The Kier molecular flexibility index (Phi) is 4.00. The molecule has 3 heteroatoms. The van der Waals surface area contributed by atoms with E-state index in [4.69, 9.17) is 5.73 Å². The molecular formula is C13H26N2O. The molecule has 3 N–H and O–H groups in total. The van der Waals surface area contributed by atoms with Crippen LogP contribution in [0.1, 0.15) is 53.4 Å². The molecule has 94 valence electrons. The van der Waals surface area contributed by atoms with E-state index in [1.807, 2.05) is 0 Å². The number of hydrogen-bond donors (Lipinski definition) is 2. The van der Waals surface area contributed by atoms with Gasteiger partial charge in [0.15, 0.2) is 0 Å². The van der Waals surface area contributed by atoms with Crippen LogP contribution in [-0.2, 0) is 4.79 Å².